The lowest BCUT2D eigenvalue weighted by atomic mass is 10.2. The summed E-state index contributed by atoms with van der Waals surface area (Å²) < 4.78 is 17.6. The van der Waals surface area contributed by atoms with Gasteiger partial charge in [0.25, 0.3) is 0 Å². The van der Waals surface area contributed by atoms with E-state index in [1.54, 1.807) is 16.8 Å². The van der Waals surface area contributed by atoms with Gasteiger partial charge in [-0.05, 0) is 49.8 Å². The Morgan fingerprint density at radius 2 is 1.75 bits per heavy atom. The van der Waals surface area contributed by atoms with Crippen LogP contribution < -0.4 is 10.6 Å². The van der Waals surface area contributed by atoms with E-state index in [9.17, 15) is 4.39 Å². The number of thiocarbonyl (C=S) groups is 1. The molecule has 0 amide bonds. The zero-order valence-electron chi connectivity index (χ0n) is 17.6. The van der Waals surface area contributed by atoms with E-state index in [0.717, 1.165) is 22.6 Å². The predicted molar refractivity (Wildman–Crippen MR) is 130 cm³/mol. The summed E-state index contributed by atoms with van der Waals surface area (Å²) in [7, 11) is 0. The van der Waals surface area contributed by atoms with Gasteiger partial charge < -0.3 is 10.6 Å². The summed E-state index contributed by atoms with van der Waals surface area (Å²) in [6.07, 6.45) is 1.88. The molecule has 0 atom stereocenters. The van der Waals surface area contributed by atoms with Gasteiger partial charge in [-0.15, -0.1) is 0 Å². The molecule has 0 spiro atoms. The molecule has 9 heteroatoms. The molecule has 2 aromatic carbocycles. The van der Waals surface area contributed by atoms with Gasteiger partial charge in [-0.25, -0.2) is 4.39 Å². The normalized spacial score (nSPS) is 10.9. The standard InChI is InChI=1S/C23H22ClFN6S/c1-15-22(16(2)31(28-15)14-18-5-3-4-6-20(18)25)27-23(32)26-21-11-12-30(29-21)13-17-7-9-19(24)10-8-17/h3-12H,13-14H2,1-2H3,(H2,26,27,29,32). The van der Waals surface area contributed by atoms with Gasteiger partial charge in [-0.1, -0.05) is 41.9 Å². The Kier molecular flexibility index (Phi) is 6.53. The van der Waals surface area contributed by atoms with Crippen LogP contribution in [0.1, 0.15) is 22.5 Å². The first kappa shape index (κ1) is 22.0. The lowest BCUT2D eigenvalue weighted by molar-refractivity contribution is 0.579. The van der Waals surface area contributed by atoms with Crippen LogP contribution in [-0.2, 0) is 13.1 Å². The largest absolute Gasteiger partial charge is 0.329 e. The molecule has 0 radical (unpaired) electrons. The van der Waals surface area contributed by atoms with Crippen LogP contribution >= 0.6 is 23.8 Å². The minimum Gasteiger partial charge on any atom is -0.329 e. The molecule has 0 aliphatic carbocycles. The van der Waals surface area contributed by atoms with Crippen molar-refractivity contribution >= 4 is 40.4 Å². The van der Waals surface area contributed by atoms with Gasteiger partial charge in [0, 0.05) is 22.8 Å². The fraction of sp³-hybridized carbons (Fsp3) is 0.174. The maximum Gasteiger partial charge on any atom is 0.176 e. The molecular weight excluding hydrogens is 447 g/mol. The number of benzene rings is 2. The van der Waals surface area contributed by atoms with E-state index in [1.807, 2.05) is 61.1 Å². The van der Waals surface area contributed by atoms with E-state index >= 15 is 0 Å². The van der Waals surface area contributed by atoms with Crippen molar-refractivity contribution in [2.24, 2.45) is 0 Å². The lowest BCUT2D eigenvalue weighted by Crippen LogP contribution is -2.20. The van der Waals surface area contributed by atoms with Crippen LogP contribution in [0.5, 0.6) is 0 Å². The zero-order valence-corrected chi connectivity index (χ0v) is 19.2. The Balaban J connectivity index is 1.40. The second kappa shape index (κ2) is 9.50. The summed E-state index contributed by atoms with van der Waals surface area (Å²) in [5, 5.41) is 16.4. The monoisotopic (exact) mass is 468 g/mol. The van der Waals surface area contributed by atoms with Crippen molar-refractivity contribution in [3.63, 3.8) is 0 Å². The molecule has 0 aliphatic rings. The van der Waals surface area contributed by atoms with E-state index in [1.165, 1.54) is 6.07 Å². The topological polar surface area (TPSA) is 59.7 Å². The summed E-state index contributed by atoms with van der Waals surface area (Å²) in [5.41, 5.74) is 4.11. The van der Waals surface area contributed by atoms with Crippen molar-refractivity contribution in [1.82, 2.24) is 19.6 Å². The first-order valence-electron chi connectivity index (χ1n) is 10.0. The molecule has 0 saturated carbocycles. The fourth-order valence-electron chi connectivity index (χ4n) is 3.37. The van der Waals surface area contributed by atoms with E-state index < -0.39 is 0 Å². The Morgan fingerprint density at radius 1 is 1.00 bits per heavy atom. The number of nitrogens with zero attached hydrogens (tertiary/aromatic N) is 4. The molecule has 2 N–H and O–H groups in total. The van der Waals surface area contributed by atoms with Gasteiger partial charge in [0.2, 0.25) is 0 Å². The second-order valence-corrected chi connectivity index (χ2v) is 8.24. The number of halogens is 2. The molecule has 2 aromatic heterocycles. The van der Waals surface area contributed by atoms with Crippen LogP contribution in [0.15, 0.2) is 60.8 Å². The van der Waals surface area contributed by atoms with Crippen molar-refractivity contribution in [3.8, 4) is 0 Å². The van der Waals surface area contributed by atoms with Gasteiger partial charge >= 0.3 is 0 Å². The highest BCUT2D eigenvalue weighted by Gasteiger charge is 2.14. The highest BCUT2D eigenvalue weighted by molar-refractivity contribution is 7.80. The van der Waals surface area contributed by atoms with Gasteiger partial charge in [0.05, 0.1) is 30.2 Å². The number of hydrogen-bond acceptors (Lipinski definition) is 3. The molecule has 0 fully saturated rings. The van der Waals surface area contributed by atoms with Crippen molar-refractivity contribution in [2.45, 2.75) is 26.9 Å². The van der Waals surface area contributed by atoms with Crippen LogP contribution in [-0.4, -0.2) is 24.7 Å². The van der Waals surface area contributed by atoms with Gasteiger partial charge in [0.15, 0.2) is 10.9 Å². The first-order chi connectivity index (χ1) is 15.4. The molecule has 0 aliphatic heterocycles. The third-order valence-electron chi connectivity index (χ3n) is 5.04. The van der Waals surface area contributed by atoms with Crippen molar-refractivity contribution in [2.75, 3.05) is 10.6 Å². The molecule has 0 saturated heterocycles. The lowest BCUT2D eigenvalue weighted by Gasteiger charge is -2.10. The smallest absolute Gasteiger partial charge is 0.176 e. The Bertz CT molecular complexity index is 1250. The third-order valence-corrected chi connectivity index (χ3v) is 5.49. The molecule has 4 rings (SSSR count). The van der Waals surface area contributed by atoms with Crippen molar-refractivity contribution < 1.29 is 4.39 Å². The van der Waals surface area contributed by atoms with Crippen LogP contribution in [0.4, 0.5) is 15.9 Å². The quantitative estimate of drug-likeness (QED) is 0.371. The highest BCUT2D eigenvalue weighted by atomic mass is 35.5. The predicted octanol–water partition coefficient (Wildman–Crippen LogP) is 5.39. The average Bonchev–Trinajstić information content (AvgIpc) is 3.30. The number of aromatic nitrogens is 4. The Hall–Kier alpha value is -3.23. The molecule has 4 aromatic rings. The number of aryl methyl sites for hydroxylation is 1. The molecule has 0 unspecified atom stereocenters. The Morgan fingerprint density at radius 3 is 2.50 bits per heavy atom. The number of hydrogen-bond donors (Lipinski definition) is 2. The van der Waals surface area contributed by atoms with Gasteiger partial charge in [-0.2, -0.15) is 10.2 Å². The van der Waals surface area contributed by atoms with Crippen LogP contribution in [0.3, 0.4) is 0 Å². The van der Waals surface area contributed by atoms with E-state index in [0.29, 0.717) is 34.6 Å². The summed E-state index contributed by atoms with van der Waals surface area (Å²) in [5.74, 6) is 0.381. The molecule has 164 valence electrons. The number of anilines is 2. The van der Waals surface area contributed by atoms with Crippen molar-refractivity contribution in [1.29, 1.82) is 0 Å². The molecular formula is C23H22ClFN6S. The van der Waals surface area contributed by atoms with Gasteiger partial charge in [0.1, 0.15) is 5.82 Å². The SMILES string of the molecule is Cc1nn(Cc2ccccc2F)c(C)c1NC(=S)Nc1ccn(Cc2ccc(Cl)cc2)n1. The molecule has 2 heterocycles. The number of rotatable bonds is 6. The summed E-state index contributed by atoms with van der Waals surface area (Å²) >= 11 is 11.4. The van der Waals surface area contributed by atoms with Crippen LogP contribution in [0.2, 0.25) is 5.02 Å². The minimum atomic E-state index is -0.249. The molecule has 0 bridgehead atoms. The fourth-order valence-corrected chi connectivity index (χ4v) is 3.71. The van der Waals surface area contributed by atoms with Gasteiger partial charge in [-0.3, -0.25) is 9.36 Å². The Labute approximate surface area is 196 Å². The second-order valence-electron chi connectivity index (χ2n) is 7.40. The number of nitrogens with one attached hydrogen (secondary N) is 2. The highest BCUT2D eigenvalue weighted by Crippen LogP contribution is 2.21. The average molecular weight is 469 g/mol. The summed E-state index contributed by atoms with van der Waals surface area (Å²) in [6.45, 7) is 4.78. The molecule has 32 heavy (non-hydrogen) atoms. The maximum absolute atomic E-state index is 14.0. The molecule has 6 nitrogen and oxygen atoms in total. The summed E-state index contributed by atoms with van der Waals surface area (Å²) in [4.78, 5) is 0. The van der Waals surface area contributed by atoms with Crippen molar-refractivity contribution in [3.05, 3.63) is 94.1 Å². The summed E-state index contributed by atoms with van der Waals surface area (Å²) in [6, 6.07) is 16.2. The van der Waals surface area contributed by atoms with E-state index in [2.05, 4.69) is 20.8 Å². The van der Waals surface area contributed by atoms with E-state index in [-0.39, 0.29) is 5.82 Å². The van der Waals surface area contributed by atoms with E-state index in [4.69, 9.17) is 23.8 Å². The maximum atomic E-state index is 14.0. The third kappa shape index (κ3) is 5.15. The first-order valence-corrected chi connectivity index (χ1v) is 10.8. The zero-order chi connectivity index (χ0) is 22.7. The minimum absolute atomic E-state index is 0.249. The van der Waals surface area contributed by atoms with Crippen LogP contribution in [0, 0.1) is 19.7 Å². The van der Waals surface area contributed by atoms with Crippen LogP contribution in [0.25, 0.3) is 0 Å².